The van der Waals surface area contributed by atoms with Gasteiger partial charge in [-0.1, -0.05) is 0 Å². The minimum absolute atomic E-state index is 0.0745. The van der Waals surface area contributed by atoms with E-state index in [9.17, 15) is 18.4 Å². The summed E-state index contributed by atoms with van der Waals surface area (Å²) in [5.41, 5.74) is -0.895. The Kier molecular flexibility index (Phi) is 6.26. The van der Waals surface area contributed by atoms with E-state index in [4.69, 9.17) is 4.74 Å². The number of carbonyl (C=O) groups excluding carboxylic acids is 2. The molecule has 6 nitrogen and oxygen atoms in total. The Morgan fingerprint density at radius 3 is 2.43 bits per heavy atom. The van der Waals surface area contributed by atoms with Crippen molar-refractivity contribution < 1.29 is 23.1 Å². The molecule has 0 aromatic carbocycles. The van der Waals surface area contributed by atoms with Crippen LogP contribution in [0.3, 0.4) is 0 Å². The Bertz CT molecular complexity index is 499. The number of nitrogens with zero attached hydrogens (tertiary/aromatic N) is 3. The van der Waals surface area contributed by atoms with Gasteiger partial charge in [0.1, 0.15) is 17.8 Å². The van der Waals surface area contributed by atoms with Gasteiger partial charge in [-0.15, -0.1) is 0 Å². The Morgan fingerprint density at radius 2 is 1.95 bits per heavy atom. The summed E-state index contributed by atoms with van der Waals surface area (Å²) < 4.78 is 31.9. The number of rotatable bonds is 7. The number of hydrogen-bond acceptors (Lipinski definition) is 4. The first-order valence-electron chi connectivity index (χ1n) is 6.74. The highest BCUT2D eigenvalue weighted by atomic mass is 19.3. The van der Waals surface area contributed by atoms with Crippen molar-refractivity contribution in [1.82, 2.24) is 14.7 Å². The molecule has 1 heterocycles. The SMILES string of the molecule is CCOC(=O)c1cnn(CC(=O)N(CC)CC)c1C(F)F. The maximum absolute atomic E-state index is 13.1. The van der Waals surface area contributed by atoms with Gasteiger partial charge in [-0.2, -0.15) is 5.10 Å². The predicted molar refractivity (Wildman–Crippen MR) is 71.1 cm³/mol. The largest absolute Gasteiger partial charge is 0.462 e. The molecule has 0 bridgehead atoms. The summed E-state index contributed by atoms with van der Waals surface area (Å²) in [6, 6.07) is 0. The minimum atomic E-state index is -2.92. The molecule has 8 heteroatoms. The van der Waals surface area contributed by atoms with E-state index in [-0.39, 0.29) is 24.6 Å². The number of amides is 1. The number of likely N-dealkylation sites (N-methyl/N-ethyl adjacent to an activating group) is 1. The minimum Gasteiger partial charge on any atom is -0.462 e. The lowest BCUT2D eigenvalue weighted by atomic mass is 10.2. The molecule has 1 rings (SSSR count). The van der Waals surface area contributed by atoms with Crippen molar-refractivity contribution in [2.75, 3.05) is 19.7 Å². The van der Waals surface area contributed by atoms with Crippen LogP contribution in [0.4, 0.5) is 8.78 Å². The standard InChI is InChI=1S/C13H19F2N3O3/c1-4-17(5-2)10(19)8-18-11(12(14)15)9(7-16-18)13(20)21-6-3/h7,12H,4-6,8H2,1-3H3. The smallest absolute Gasteiger partial charge is 0.341 e. The summed E-state index contributed by atoms with van der Waals surface area (Å²) in [5.74, 6) is -1.20. The van der Waals surface area contributed by atoms with Gasteiger partial charge in [0.05, 0.1) is 12.8 Å². The molecule has 1 aromatic heterocycles. The molecule has 0 spiro atoms. The molecule has 0 fully saturated rings. The van der Waals surface area contributed by atoms with Gasteiger partial charge in [-0.3, -0.25) is 9.48 Å². The van der Waals surface area contributed by atoms with Crippen molar-refractivity contribution in [2.24, 2.45) is 0 Å². The average molecular weight is 303 g/mol. The third kappa shape index (κ3) is 3.99. The van der Waals surface area contributed by atoms with Crippen LogP contribution >= 0.6 is 0 Å². The second-order valence-electron chi connectivity index (χ2n) is 4.19. The molecule has 21 heavy (non-hydrogen) atoms. The maximum Gasteiger partial charge on any atom is 0.341 e. The molecule has 1 amide bonds. The molecule has 0 aliphatic heterocycles. The van der Waals surface area contributed by atoms with E-state index in [0.29, 0.717) is 13.1 Å². The molecular formula is C13H19F2N3O3. The number of alkyl halides is 2. The van der Waals surface area contributed by atoms with Crippen LogP contribution < -0.4 is 0 Å². The van der Waals surface area contributed by atoms with Crippen molar-refractivity contribution in [2.45, 2.75) is 33.7 Å². The van der Waals surface area contributed by atoms with E-state index in [1.54, 1.807) is 20.8 Å². The van der Waals surface area contributed by atoms with E-state index in [2.05, 4.69) is 5.10 Å². The third-order valence-electron chi connectivity index (χ3n) is 2.98. The fourth-order valence-electron chi connectivity index (χ4n) is 1.92. The lowest BCUT2D eigenvalue weighted by Crippen LogP contribution is -2.34. The van der Waals surface area contributed by atoms with E-state index in [1.165, 1.54) is 4.90 Å². The quantitative estimate of drug-likeness (QED) is 0.721. The second-order valence-corrected chi connectivity index (χ2v) is 4.19. The Balaban J connectivity index is 3.03. The van der Waals surface area contributed by atoms with Crippen molar-refractivity contribution >= 4 is 11.9 Å². The first kappa shape index (κ1) is 17.1. The normalized spacial score (nSPS) is 10.8. The number of carbonyl (C=O) groups is 2. The summed E-state index contributed by atoms with van der Waals surface area (Å²) in [5, 5.41) is 3.72. The lowest BCUT2D eigenvalue weighted by molar-refractivity contribution is -0.131. The summed E-state index contributed by atoms with van der Waals surface area (Å²) >= 11 is 0. The number of aromatic nitrogens is 2. The van der Waals surface area contributed by atoms with Crippen molar-refractivity contribution in [3.8, 4) is 0 Å². The predicted octanol–water partition coefficient (Wildman–Crippen LogP) is 1.87. The van der Waals surface area contributed by atoms with Gasteiger partial charge in [0, 0.05) is 13.1 Å². The van der Waals surface area contributed by atoms with Crippen molar-refractivity contribution in [3.63, 3.8) is 0 Å². The van der Waals surface area contributed by atoms with Crippen LogP contribution in [0.15, 0.2) is 6.20 Å². The highest BCUT2D eigenvalue weighted by Gasteiger charge is 2.26. The summed E-state index contributed by atoms with van der Waals surface area (Å²) in [6.45, 7) is 5.86. The molecule has 0 saturated heterocycles. The number of ether oxygens (including phenoxy) is 1. The Labute approximate surface area is 121 Å². The molecule has 1 aromatic rings. The van der Waals surface area contributed by atoms with Crippen LogP contribution in [0.25, 0.3) is 0 Å². The fourth-order valence-corrected chi connectivity index (χ4v) is 1.92. The molecule has 0 atom stereocenters. The van der Waals surface area contributed by atoms with Crippen LogP contribution in [-0.2, 0) is 16.1 Å². The molecular weight excluding hydrogens is 284 g/mol. The van der Waals surface area contributed by atoms with E-state index in [0.717, 1.165) is 10.9 Å². The van der Waals surface area contributed by atoms with Crippen molar-refractivity contribution in [1.29, 1.82) is 0 Å². The highest BCUT2D eigenvalue weighted by Crippen LogP contribution is 2.23. The maximum atomic E-state index is 13.1. The first-order chi connectivity index (χ1) is 9.96. The highest BCUT2D eigenvalue weighted by molar-refractivity contribution is 5.90. The summed E-state index contributed by atoms with van der Waals surface area (Å²) in [4.78, 5) is 25.1. The van der Waals surface area contributed by atoms with Crippen LogP contribution in [0.5, 0.6) is 0 Å². The van der Waals surface area contributed by atoms with Crippen LogP contribution in [0.2, 0.25) is 0 Å². The zero-order valence-electron chi connectivity index (χ0n) is 12.3. The number of halogens is 2. The molecule has 0 saturated carbocycles. The third-order valence-corrected chi connectivity index (χ3v) is 2.98. The van der Waals surface area contributed by atoms with E-state index >= 15 is 0 Å². The molecule has 0 aliphatic carbocycles. The van der Waals surface area contributed by atoms with E-state index in [1.807, 2.05) is 0 Å². The van der Waals surface area contributed by atoms with Gasteiger partial charge >= 0.3 is 5.97 Å². The van der Waals surface area contributed by atoms with Crippen LogP contribution in [0.1, 0.15) is 43.2 Å². The summed E-state index contributed by atoms with van der Waals surface area (Å²) in [7, 11) is 0. The topological polar surface area (TPSA) is 64.4 Å². The lowest BCUT2D eigenvalue weighted by Gasteiger charge is -2.19. The van der Waals surface area contributed by atoms with Crippen LogP contribution in [-0.4, -0.2) is 46.3 Å². The van der Waals surface area contributed by atoms with Gasteiger partial charge in [0.15, 0.2) is 0 Å². The average Bonchev–Trinajstić information content (AvgIpc) is 2.84. The number of hydrogen-bond donors (Lipinski definition) is 0. The molecule has 118 valence electrons. The molecule has 0 N–H and O–H groups in total. The first-order valence-corrected chi connectivity index (χ1v) is 6.74. The van der Waals surface area contributed by atoms with Gasteiger partial charge < -0.3 is 9.64 Å². The Hall–Kier alpha value is -1.99. The molecule has 0 unspecified atom stereocenters. The monoisotopic (exact) mass is 303 g/mol. The van der Waals surface area contributed by atoms with Crippen molar-refractivity contribution in [3.05, 3.63) is 17.5 Å². The Morgan fingerprint density at radius 1 is 1.33 bits per heavy atom. The molecule has 0 radical (unpaired) electrons. The second kappa shape index (κ2) is 7.70. The zero-order valence-corrected chi connectivity index (χ0v) is 12.3. The fraction of sp³-hybridized carbons (Fsp3) is 0.615. The van der Waals surface area contributed by atoms with Crippen LogP contribution in [0, 0.1) is 0 Å². The number of esters is 1. The zero-order chi connectivity index (χ0) is 16.0. The van der Waals surface area contributed by atoms with Gasteiger partial charge in [-0.25, -0.2) is 13.6 Å². The molecule has 0 aliphatic rings. The van der Waals surface area contributed by atoms with Gasteiger partial charge in [0.2, 0.25) is 5.91 Å². The summed E-state index contributed by atoms with van der Waals surface area (Å²) in [6.07, 6.45) is -1.91. The van der Waals surface area contributed by atoms with E-state index < -0.39 is 18.1 Å². The van der Waals surface area contributed by atoms with Gasteiger partial charge in [0.25, 0.3) is 6.43 Å². The van der Waals surface area contributed by atoms with Gasteiger partial charge in [-0.05, 0) is 20.8 Å².